The van der Waals surface area contributed by atoms with E-state index in [1.165, 1.54) is 218 Å². The van der Waals surface area contributed by atoms with E-state index < -0.39 is 32.5 Å². The first-order valence-electron chi connectivity index (χ1n) is 27.1. The number of carbonyl (C=O) groups excluding carboxylic acids is 2. The predicted molar refractivity (Wildman–Crippen MR) is 269 cm³/mol. The number of carbonyl (C=O) groups is 2. The number of hydrogen-bond donors (Lipinski definition) is 0. The minimum absolute atomic E-state index is 0. The smallest absolute Gasteiger partial charge is 0.744 e. The van der Waals surface area contributed by atoms with Gasteiger partial charge in [-0.3, -0.25) is 0 Å². The van der Waals surface area contributed by atoms with Gasteiger partial charge in [0.05, 0.1) is 29.2 Å². The molecule has 1 aromatic carbocycles. The second-order valence-corrected chi connectivity index (χ2v) is 19.9. The normalized spacial score (nSPS) is 11.7. The third kappa shape index (κ3) is 39.7. The molecule has 0 amide bonds. The SMILES string of the molecule is CCCCCCCC/C=C/CCCCCCCCCCCCCCOC(=O)c1cccc(S(=O)(=O)[O-])c1C(=O)OCCCCCCCCCCCCCC/C=C/CCCCCCCC.[K+]. The average molecular weight is 954 g/mol. The van der Waals surface area contributed by atoms with Gasteiger partial charge in [0.25, 0.3) is 0 Å². The van der Waals surface area contributed by atoms with E-state index in [4.69, 9.17) is 9.47 Å². The van der Waals surface area contributed by atoms with Crippen molar-refractivity contribution in [1.82, 2.24) is 0 Å². The van der Waals surface area contributed by atoms with E-state index in [1.807, 2.05) is 0 Å². The molecule has 0 heterocycles. The first-order chi connectivity index (χ1) is 31.3. The molecule has 0 fully saturated rings. The van der Waals surface area contributed by atoms with E-state index in [1.54, 1.807) is 0 Å². The Bertz CT molecular complexity index is 1410. The quantitative estimate of drug-likeness (QED) is 0.0210. The number of unbranched alkanes of at least 4 members (excludes halogenated alkanes) is 36. The van der Waals surface area contributed by atoms with Crippen molar-refractivity contribution < 1.29 is 83.4 Å². The molecule has 0 aliphatic heterocycles. The minimum atomic E-state index is -5.02. The molecule has 0 aromatic heterocycles. The molecule has 1 rings (SSSR count). The Labute approximate surface area is 443 Å². The molecule has 7 nitrogen and oxygen atoms in total. The number of esters is 2. The number of allylic oxidation sites excluding steroid dienone is 4. The largest absolute Gasteiger partial charge is 1.00 e. The Morgan fingerprint density at radius 1 is 0.431 bits per heavy atom. The Hall–Kier alpha value is -0.814. The molecule has 0 spiro atoms. The van der Waals surface area contributed by atoms with Gasteiger partial charge in [-0.2, -0.15) is 0 Å². The van der Waals surface area contributed by atoms with Crippen LogP contribution in [0, 0.1) is 0 Å². The van der Waals surface area contributed by atoms with Crippen LogP contribution >= 0.6 is 0 Å². The van der Waals surface area contributed by atoms with Crippen LogP contribution in [0.25, 0.3) is 0 Å². The van der Waals surface area contributed by atoms with E-state index in [0.717, 1.165) is 44.6 Å². The molecular formula is C56H97KO7S. The molecule has 0 radical (unpaired) electrons. The van der Waals surface area contributed by atoms with Gasteiger partial charge in [0.1, 0.15) is 10.1 Å². The van der Waals surface area contributed by atoms with Crippen molar-refractivity contribution >= 4 is 22.1 Å². The molecule has 0 saturated carbocycles. The minimum Gasteiger partial charge on any atom is -0.744 e. The van der Waals surface area contributed by atoms with Crippen LogP contribution in [-0.2, 0) is 19.6 Å². The van der Waals surface area contributed by atoms with Gasteiger partial charge in [-0.1, -0.05) is 237 Å². The van der Waals surface area contributed by atoms with E-state index in [0.29, 0.717) is 12.8 Å². The summed E-state index contributed by atoms with van der Waals surface area (Å²) in [5, 5.41) is 0. The molecule has 0 unspecified atom stereocenters. The number of rotatable bonds is 47. The summed E-state index contributed by atoms with van der Waals surface area (Å²) >= 11 is 0. The average Bonchev–Trinajstić information content (AvgIpc) is 3.28. The van der Waals surface area contributed by atoms with Crippen molar-refractivity contribution in [3.63, 3.8) is 0 Å². The second-order valence-electron chi connectivity index (χ2n) is 18.5. The van der Waals surface area contributed by atoms with Crippen molar-refractivity contribution in [3.8, 4) is 0 Å². The van der Waals surface area contributed by atoms with Crippen LogP contribution in [0.4, 0.5) is 0 Å². The topological polar surface area (TPSA) is 110 Å². The van der Waals surface area contributed by atoms with Crippen LogP contribution in [0.2, 0.25) is 0 Å². The Morgan fingerprint density at radius 2 is 0.708 bits per heavy atom. The van der Waals surface area contributed by atoms with Crippen molar-refractivity contribution in [3.05, 3.63) is 53.6 Å². The zero-order valence-electron chi connectivity index (χ0n) is 42.5. The third-order valence-electron chi connectivity index (χ3n) is 12.5. The van der Waals surface area contributed by atoms with Gasteiger partial charge in [-0.05, 0) is 76.3 Å². The number of hydrogen-bond acceptors (Lipinski definition) is 7. The molecule has 0 aliphatic rings. The summed E-state index contributed by atoms with van der Waals surface area (Å²) in [5.74, 6) is -1.80. The molecule has 65 heavy (non-hydrogen) atoms. The summed E-state index contributed by atoms with van der Waals surface area (Å²) in [4.78, 5) is 25.4. The maximum absolute atomic E-state index is 13.1. The molecule has 0 bridgehead atoms. The first-order valence-corrected chi connectivity index (χ1v) is 28.5. The zero-order valence-corrected chi connectivity index (χ0v) is 46.4. The third-order valence-corrected chi connectivity index (χ3v) is 13.4. The van der Waals surface area contributed by atoms with Crippen LogP contribution in [-0.4, -0.2) is 38.1 Å². The fraction of sp³-hybridized carbons (Fsp3) is 0.786. The fourth-order valence-electron chi connectivity index (χ4n) is 8.42. The summed E-state index contributed by atoms with van der Waals surface area (Å²) in [6.07, 6.45) is 59.0. The van der Waals surface area contributed by atoms with E-state index in [-0.39, 0.29) is 70.2 Å². The standard InChI is InChI=1S/C56H98O7S.K/c1-3-5-7-9-11-13-15-17-19-21-23-25-27-29-31-33-35-37-39-41-43-45-50-62-55(57)52-48-47-49-53(64(59,60)61)54(52)56(58)63-51-46-44-42-40-38-36-34-32-30-28-26-24-22-20-18-16-14-12-10-8-6-4-2;/h17-20,47-49H,3-16,21-46,50-51H2,1-2H3,(H,59,60,61);/q;+1/p-1/b19-17+,20-18+;. The van der Waals surface area contributed by atoms with Gasteiger partial charge in [0, 0.05) is 0 Å². The number of benzene rings is 1. The van der Waals surface area contributed by atoms with Crippen LogP contribution in [0.5, 0.6) is 0 Å². The monoisotopic (exact) mass is 953 g/mol. The maximum Gasteiger partial charge on any atom is 1.00 e. The maximum atomic E-state index is 13.1. The van der Waals surface area contributed by atoms with Gasteiger partial charge >= 0.3 is 63.3 Å². The van der Waals surface area contributed by atoms with E-state index in [9.17, 15) is 22.6 Å². The predicted octanol–water partition coefficient (Wildman–Crippen LogP) is 14.7. The van der Waals surface area contributed by atoms with Crippen molar-refractivity contribution in [2.75, 3.05) is 13.2 Å². The van der Waals surface area contributed by atoms with Crippen molar-refractivity contribution in [1.29, 1.82) is 0 Å². The fourth-order valence-corrected chi connectivity index (χ4v) is 9.11. The Morgan fingerprint density at radius 3 is 1.02 bits per heavy atom. The van der Waals surface area contributed by atoms with Gasteiger partial charge in [-0.15, -0.1) is 0 Å². The van der Waals surface area contributed by atoms with Gasteiger partial charge < -0.3 is 14.0 Å². The summed E-state index contributed by atoms with van der Waals surface area (Å²) < 4.78 is 47.0. The Balaban J connectivity index is 0.0000410. The van der Waals surface area contributed by atoms with E-state index >= 15 is 0 Å². The van der Waals surface area contributed by atoms with Crippen LogP contribution < -0.4 is 51.4 Å². The van der Waals surface area contributed by atoms with Crippen molar-refractivity contribution in [2.24, 2.45) is 0 Å². The zero-order chi connectivity index (χ0) is 46.4. The molecule has 0 N–H and O–H groups in total. The van der Waals surface area contributed by atoms with Gasteiger partial charge in [0.2, 0.25) is 0 Å². The molecule has 9 heteroatoms. The second kappa shape index (κ2) is 48.2. The first kappa shape index (κ1) is 64.2. The van der Waals surface area contributed by atoms with Crippen LogP contribution in [0.15, 0.2) is 47.4 Å². The summed E-state index contributed by atoms with van der Waals surface area (Å²) in [7, 11) is -5.02. The molecule has 370 valence electrons. The molecular weight excluding hydrogens is 856 g/mol. The van der Waals surface area contributed by atoms with E-state index in [2.05, 4.69) is 38.2 Å². The number of ether oxygens (including phenoxy) is 2. The van der Waals surface area contributed by atoms with Crippen LogP contribution in [0.1, 0.15) is 291 Å². The summed E-state index contributed by atoms with van der Waals surface area (Å²) in [5.41, 5.74) is -0.770. The van der Waals surface area contributed by atoms with Crippen molar-refractivity contribution in [2.45, 2.75) is 276 Å². The Kier molecular flexibility index (Phi) is 47.6. The van der Waals surface area contributed by atoms with Gasteiger partial charge in [-0.25, -0.2) is 18.0 Å². The summed E-state index contributed by atoms with van der Waals surface area (Å²) in [6.45, 7) is 4.79. The molecule has 1 aromatic rings. The summed E-state index contributed by atoms with van der Waals surface area (Å²) in [6, 6.07) is 3.65. The van der Waals surface area contributed by atoms with Crippen LogP contribution in [0.3, 0.4) is 0 Å². The molecule has 0 saturated heterocycles. The molecule has 0 aliphatic carbocycles. The molecule has 0 atom stereocenters. The van der Waals surface area contributed by atoms with Gasteiger partial charge in [0.15, 0.2) is 0 Å².